The van der Waals surface area contributed by atoms with Crippen LogP contribution >= 0.6 is 11.6 Å². The number of likely N-dealkylation sites (tertiary alicyclic amines) is 1. The van der Waals surface area contributed by atoms with Gasteiger partial charge in [0.05, 0.1) is 11.1 Å². The Kier molecular flexibility index (Phi) is 6.25. The molecule has 1 heterocycles. The van der Waals surface area contributed by atoms with Crippen LogP contribution in [0.4, 0.5) is 0 Å². The summed E-state index contributed by atoms with van der Waals surface area (Å²) in [5.41, 5.74) is 1.51. The van der Waals surface area contributed by atoms with Gasteiger partial charge in [-0.3, -0.25) is 9.59 Å². The molecule has 2 aromatic rings. The van der Waals surface area contributed by atoms with Gasteiger partial charge in [-0.25, -0.2) is 0 Å². The van der Waals surface area contributed by atoms with Gasteiger partial charge in [0.2, 0.25) is 5.91 Å². The van der Waals surface area contributed by atoms with Crippen LogP contribution in [0.25, 0.3) is 0 Å². The minimum Gasteiger partial charge on any atom is -0.489 e. The Hall–Kier alpha value is -2.53. The van der Waals surface area contributed by atoms with E-state index < -0.39 is 6.04 Å². The molecule has 1 saturated heterocycles. The molecule has 5 nitrogen and oxygen atoms in total. The van der Waals surface area contributed by atoms with Crippen molar-refractivity contribution < 1.29 is 14.3 Å². The van der Waals surface area contributed by atoms with Crippen molar-refractivity contribution in [3.05, 3.63) is 64.7 Å². The van der Waals surface area contributed by atoms with E-state index in [1.165, 1.54) is 0 Å². The fourth-order valence-electron chi connectivity index (χ4n) is 3.69. The minimum atomic E-state index is -0.551. The summed E-state index contributed by atoms with van der Waals surface area (Å²) in [7, 11) is 1.60. The largest absolute Gasteiger partial charge is 0.489 e. The lowest BCUT2D eigenvalue weighted by Gasteiger charge is -2.27. The molecule has 2 aromatic carbocycles. The van der Waals surface area contributed by atoms with Crippen molar-refractivity contribution in [1.29, 1.82) is 0 Å². The van der Waals surface area contributed by atoms with Crippen molar-refractivity contribution in [3.8, 4) is 5.75 Å². The topological polar surface area (TPSA) is 58.6 Å². The maximum Gasteiger partial charge on any atom is 0.254 e. The van der Waals surface area contributed by atoms with Gasteiger partial charge in [0, 0.05) is 25.1 Å². The van der Waals surface area contributed by atoms with Gasteiger partial charge in [0.15, 0.2) is 0 Å². The van der Waals surface area contributed by atoms with Crippen molar-refractivity contribution in [1.82, 2.24) is 10.2 Å². The third-order valence-corrected chi connectivity index (χ3v) is 5.24. The molecule has 0 unspecified atom stereocenters. The predicted molar refractivity (Wildman–Crippen MR) is 110 cm³/mol. The molecule has 0 aromatic heterocycles. The highest BCUT2D eigenvalue weighted by atomic mass is 35.5. The van der Waals surface area contributed by atoms with E-state index in [0.717, 1.165) is 12.0 Å². The predicted octanol–water partition coefficient (Wildman–Crippen LogP) is 3.87. The van der Waals surface area contributed by atoms with E-state index in [1.807, 2.05) is 44.2 Å². The standard InChI is InChI=1S/C22H25ClN2O3/c1-14(2)28-19-10-9-16(13-18(19)23)22(27)25-12-11-17(20(25)21(26)24-3)15-7-5-4-6-8-15/h4-10,13-14,17,20H,11-12H2,1-3H3,(H,24,26)/t17-,20+/m1/s1. The number of nitrogens with one attached hydrogen (secondary N) is 1. The molecule has 1 aliphatic heterocycles. The summed E-state index contributed by atoms with van der Waals surface area (Å²) >= 11 is 6.30. The molecule has 148 valence electrons. The van der Waals surface area contributed by atoms with E-state index in [4.69, 9.17) is 16.3 Å². The third kappa shape index (κ3) is 4.14. The van der Waals surface area contributed by atoms with Crippen LogP contribution in [0.1, 0.15) is 42.1 Å². The first-order valence-corrected chi connectivity index (χ1v) is 9.84. The van der Waals surface area contributed by atoms with E-state index in [0.29, 0.717) is 22.9 Å². The van der Waals surface area contributed by atoms with Gasteiger partial charge in [-0.15, -0.1) is 0 Å². The SMILES string of the molecule is CNC(=O)[C@@H]1[C@@H](c2ccccc2)CCN1C(=O)c1ccc(OC(C)C)c(Cl)c1. The van der Waals surface area contributed by atoms with Gasteiger partial charge in [-0.05, 0) is 44.0 Å². The number of ether oxygens (including phenoxy) is 1. The van der Waals surface area contributed by atoms with Gasteiger partial charge in [0.1, 0.15) is 11.8 Å². The highest BCUT2D eigenvalue weighted by molar-refractivity contribution is 6.32. The highest BCUT2D eigenvalue weighted by Gasteiger charge is 2.42. The van der Waals surface area contributed by atoms with Gasteiger partial charge >= 0.3 is 0 Å². The van der Waals surface area contributed by atoms with E-state index in [-0.39, 0.29) is 23.8 Å². The van der Waals surface area contributed by atoms with Gasteiger partial charge in [-0.1, -0.05) is 41.9 Å². The minimum absolute atomic E-state index is 0.0121. The first-order chi connectivity index (χ1) is 13.4. The summed E-state index contributed by atoms with van der Waals surface area (Å²) in [6.45, 7) is 4.34. The molecule has 0 saturated carbocycles. The van der Waals surface area contributed by atoms with E-state index in [9.17, 15) is 9.59 Å². The van der Waals surface area contributed by atoms with E-state index >= 15 is 0 Å². The van der Waals surface area contributed by atoms with Crippen LogP contribution in [0, 0.1) is 0 Å². The second-order valence-corrected chi connectivity index (χ2v) is 7.58. The second-order valence-electron chi connectivity index (χ2n) is 7.18. The van der Waals surface area contributed by atoms with Crippen LogP contribution < -0.4 is 10.1 Å². The smallest absolute Gasteiger partial charge is 0.254 e. The lowest BCUT2D eigenvalue weighted by Crippen LogP contribution is -2.47. The highest BCUT2D eigenvalue weighted by Crippen LogP contribution is 2.35. The molecular formula is C22H25ClN2O3. The Morgan fingerprint density at radius 1 is 1.18 bits per heavy atom. The summed E-state index contributed by atoms with van der Waals surface area (Å²) in [5.74, 6) is 0.138. The summed E-state index contributed by atoms with van der Waals surface area (Å²) in [5, 5.41) is 3.09. The lowest BCUT2D eigenvalue weighted by molar-refractivity contribution is -0.124. The fraction of sp³-hybridized carbons (Fsp3) is 0.364. The zero-order valence-electron chi connectivity index (χ0n) is 16.3. The normalized spacial score (nSPS) is 19.0. The molecule has 6 heteroatoms. The fourth-order valence-corrected chi connectivity index (χ4v) is 3.92. The van der Waals surface area contributed by atoms with Gasteiger partial charge in [-0.2, -0.15) is 0 Å². The quantitative estimate of drug-likeness (QED) is 0.828. The number of amides is 2. The van der Waals surface area contributed by atoms with E-state index in [1.54, 1.807) is 30.1 Å². The zero-order chi connectivity index (χ0) is 20.3. The Bertz CT molecular complexity index is 854. The van der Waals surface area contributed by atoms with Crippen LogP contribution in [0.2, 0.25) is 5.02 Å². The molecule has 2 amide bonds. The first kappa shape index (κ1) is 20.2. The van der Waals surface area contributed by atoms with Crippen LogP contribution in [0.5, 0.6) is 5.75 Å². The Labute approximate surface area is 170 Å². The average molecular weight is 401 g/mol. The zero-order valence-corrected chi connectivity index (χ0v) is 17.1. The number of carbonyl (C=O) groups excluding carboxylic acids is 2. The first-order valence-electron chi connectivity index (χ1n) is 9.46. The number of rotatable bonds is 5. The van der Waals surface area contributed by atoms with Crippen molar-refractivity contribution in [2.24, 2.45) is 0 Å². The molecule has 1 aliphatic rings. The number of benzene rings is 2. The Morgan fingerprint density at radius 3 is 2.50 bits per heavy atom. The monoisotopic (exact) mass is 400 g/mol. The summed E-state index contributed by atoms with van der Waals surface area (Å²) in [6, 6.07) is 14.3. The third-order valence-electron chi connectivity index (χ3n) is 4.94. The molecular weight excluding hydrogens is 376 g/mol. The molecule has 0 aliphatic carbocycles. The number of halogens is 1. The number of nitrogens with zero attached hydrogens (tertiary/aromatic N) is 1. The number of carbonyl (C=O) groups is 2. The van der Waals surface area contributed by atoms with Gasteiger partial charge in [0.25, 0.3) is 5.91 Å². The number of hydrogen-bond acceptors (Lipinski definition) is 3. The number of likely N-dealkylation sites (N-methyl/N-ethyl adjacent to an activating group) is 1. The van der Waals surface area contributed by atoms with E-state index in [2.05, 4.69) is 5.32 Å². The van der Waals surface area contributed by atoms with Crippen LogP contribution in [-0.4, -0.2) is 42.5 Å². The maximum atomic E-state index is 13.2. The van der Waals surface area contributed by atoms with Crippen LogP contribution in [0.15, 0.2) is 48.5 Å². The molecule has 28 heavy (non-hydrogen) atoms. The summed E-state index contributed by atoms with van der Waals surface area (Å²) in [4.78, 5) is 27.5. The average Bonchev–Trinajstić information content (AvgIpc) is 3.13. The summed E-state index contributed by atoms with van der Waals surface area (Å²) in [6.07, 6.45) is 0.720. The second kappa shape index (κ2) is 8.65. The lowest BCUT2D eigenvalue weighted by atomic mass is 9.91. The molecule has 1 N–H and O–H groups in total. The summed E-state index contributed by atoms with van der Waals surface area (Å²) < 4.78 is 5.64. The van der Waals surface area contributed by atoms with Crippen molar-refractivity contribution in [2.45, 2.75) is 38.3 Å². The maximum absolute atomic E-state index is 13.2. The number of hydrogen-bond donors (Lipinski definition) is 1. The van der Waals surface area contributed by atoms with Crippen LogP contribution in [-0.2, 0) is 4.79 Å². The Morgan fingerprint density at radius 2 is 1.89 bits per heavy atom. The molecule has 0 radical (unpaired) electrons. The van der Waals surface area contributed by atoms with Gasteiger partial charge < -0.3 is 15.0 Å². The Balaban J connectivity index is 1.88. The van der Waals surface area contributed by atoms with Crippen molar-refractivity contribution >= 4 is 23.4 Å². The molecule has 1 fully saturated rings. The van der Waals surface area contributed by atoms with Crippen molar-refractivity contribution in [2.75, 3.05) is 13.6 Å². The molecule has 3 rings (SSSR count). The van der Waals surface area contributed by atoms with Crippen LogP contribution in [0.3, 0.4) is 0 Å². The molecule has 0 bridgehead atoms. The molecule has 0 spiro atoms. The molecule has 2 atom stereocenters. The van der Waals surface area contributed by atoms with Crippen molar-refractivity contribution in [3.63, 3.8) is 0 Å².